The summed E-state index contributed by atoms with van der Waals surface area (Å²) in [6.07, 6.45) is 0.902. The molecule has 0 aliphatic carbocycles. The molecular formula is C10H19N3O4S2. The van der Waals surface area contributed by atoms with E-state index >= 15 is 0 Å². The van der Waals surface area contributed by atoms with Crippen LogP contribution in [-0.2, 0) is 19.9 Å². The van der Waals surface area contributed by atoms with Crippen molar-refractivity contribution < 1.29 is 16.8 Å². The third kappa shape index (κ3) is 4.42. The fourth-order valence-corrected chi connectivity index (χ4v) is 5.42. The van der Waals surface area contributed by atoms with Gasteiger partial charge < -0.3 is 0 Å². The average molecular weight is 309 g/mol. The summed E-state index contributed by atoms with van der Waals surface area (Å²) in [4.78, 5) is 1.89. The minimum atomic E-state index is -3.78. The lowest BCUT2D eigenvalue weighted by Gasteiger charge is -2.39. The maximum absolute atomic E-state index is 11.9. The molecule has 0 N–H and O–H groups in total. The van der Waals surface area contributed by atoms with E-state index in [-0.39, 0.29) is 13.1 Å². The lowest BCUT2D eigenvalue weighted by atomic mass is 10.0. The Morgan fingerprint density at radius 1 is 1.11 bits per heavy atom. The number of hydrogen-bond donors (Lipinski definition) is 0. The SMILES string of the molecule is CC(C)(C#N)N1CCN(S(=O)(=O)CS(C)(=O)=O)CC1. The van der Waals surface area contributed by atoms with Crippen molar-refractivity contribution in [2.75, 3.05) is 37.5 Å². The van der Waals surface area contributed by atoms with Gasteiger partial charge in [0.25, 0.3) is 0 Å². The van der Waals surface area contributed by atoms with E-state index in [2.05, 4.69) is 6.07 Å². The monoisotopic (exact) mass is 309 g/mol. The van der Waals surface area contributed by atoms with Crippen molar-refractivity contribution in [3.05, 3.63) is 0 Å². The predicted molar refractivity (Wildman–Crippen MR) is 71.5 cm³/mol. The van der Waals surface area contributed by atoms with Gasteiger partial charge in [-0.25, -0.2) is 16.8 Å². The summed E-state index contributed by atoms with van der Waals surface area (Å²) in [5, 5.41) is 8.16. The molecule has 0 aromatic heterocycles. The van der Waals surface area contributed by atoms with Gasteiger partial charge >= 0.3 is 0 Å². The predicted octanol–water partition coefficient (Wildman–Crippen LogP) is -0.762. The first kappa shape index (κ1) is 16.4. The highest BCUT2D eigenvalue weighted by atomic mass is 32.3. The number of nitriles is 1. The number of hydrogen-bond acceptors (Lipinski definition) is 6. The topological polar surface area (TPSA) is 98.5 Å². The number of nitrogens with zero attached hydrogens (tertiary/aromatic N) is 3. The molecule has 19 heavy (non-hydrogen) atoms. The summed E-state index contributed by atoms with van der Waals surface area (Å²) in [6, 6.07) is 2.16. The molecule has 0 unspecified atom stereocenters. The maximum Gasteiger partial charge on any atom is 0.228 e. The molecule has 1 aliphatic rings. The van der Waals surface area contributed by atoms with Crippen LogP contribution >= 0.6 is 0 Å². The largest absolute Gasteiger partial charge is 0.283 e. The lowest BCUT2D eigenvalue weighted by molar-refractivity contribution is 0.116. The fourth-order valence-electron chi connectivity index (χ4n) is 1.94. The van der Waals surface area contributed by atoms with Crippen LogP contribution in [0, 0.1) is 11.3 Å². The summed E-state index contributed by atoms with van der Waals surface area (Å²) < 4.78 is 47.2. The molecule has 1 rings (SSSR count). The van der Waals surface area contributed by atoms with Gasteiger partial charge in [0.05, 0.1) is 6.07 Å². The van der Waals surface area contributed by atoms with E-state index < -0.39 is 30.5 Å². The molecule has 110 valence electrons. The molecule has 0 spiro atoms. The Balaban J connectivity index is 2.72. The summed E-state index contributed by atoms with van der Waals surface area (Å²) in [5.74, 6) is 0. The molecule has 1 saturated heterocycles. The van der Waals surface area contributed by atoms with E-state index in [1.54, 1.807) is 13.8 Å². The van der Waals surface area contributed by atoms with Gasteiger partial charge in [0.15, 0.2) is 14.9 Å². The molecule has 0 bridgehead atoms. The molecule has 0 atom stereocenters. The van der Waals surface area contributed by atoms with E-state index in [0.29, 0.717) is 13.1 Å². The zero-order chi connectivity index (χ0) is 14.9. The number of sulfone groups is 1. The van der Waals surface area contributed by atoms with Crippen LogP contribution < -0.4 is 0 Å². The van der Waals surface area contributed by atoms with Crippen LogP contribution in [0.1, 0.15) is 13.8 Å². The normalized spacial score (nSPS) is 20.1. The van der Waals surface area contributed by atoms with Gasteiger partial charge in [-0.15, -0.1) is 0 Å². The van der Waals surface area contributed by atoms with Crippen LogP contribution in [-0.4, -0.2) is 69.1 Å². The standard InChI is InChI=1S/C10H19N3O4S2/c1-10(2,8-11)12-4-6-13(7-5-12)19(16,17)9-18(3,14)15/h4-7,9H2,1-3H3. The van der Waals surface area contributed by atoms with Crippen LogP contribution in [0.15, 0.2) is 0 Å². The number of piperazine rings is 1. The quantitative estimate of drug-likeness (QED) is 0.677. The van der Waals surface area contributed by atoms with E-state index in [9.17, 15) is 16.8 Å². The van der Waals surface area contributed by atoms with Crippen molar-refractivity contribution in [2.24, 2.45) is 0 Å². The smallest absolute Gasteiger partial charge is 0.228 e. The molecule has 0 aromatic rings. The molecular weight excluding hydrogens is 290 g/mol. The van der Waals surface area contributed by atoms with E-state index in [0.717, 1.165) is 6.26 Å². The summed E-state index contributed by atoms with van der Waals surface area (Å²) in [7, 11) is -7.35. The van der Waals surface area contributed by atoms with Crippen molar-refractivity contribution in [1.29, 1.82) is 5.26 Å². The Kier molecular flexibility index (Phi) is 4.62. The Labute approximate surface area is 114 Å². The lowest BCUT2D eigenvalue weighted by Crippen LogP contribution is -2.55. The van der Waals surface area contributed by atoms with Gasteiger partial charge in [0.2, 0.25) is 10.0 Å². The zero-order valence-corrected chi connectivity index (χ0v) is 13.0. The molecule has 0 amide bonds. The van der Waals surface area contributed by atoms with Crippen molar-refractivity contribution in [3.8, 4) is 6.07 Å². The van der Waals surface area contributed by atoms with E-state index in [1.165, 1.54) is 4.31 Å². The number of sulfonamides is 1. The highest BCUT2D eigenvalue weighted by molar-refractivity contribution is 8.06. The molecule has 1 fully saturated rings. The van der Waals surface area contributed by atoms with Crippen LogP contribution in [0.3, 0.4) is 0 Å². The minimum absolute atomic E-state index is 0.211. The zero-order valence-electron chi connectivity index (χ0n) is 11.3. The van der Waals surface area contributed by atoms with Gasteiger partial charge in [-0.1, -0.05) is 0 Å². The van der Waals surface area contributed by atoms with E-state index in [1.807, 2.05) is 4.90 Å². The second kappa shape index (κ2) is 5.36. The Hall–Kier alpha value is -0.690. The van der Waals surface area contributed by atoms with Gasteiger partial charge in [0, 0.05) is 32.4 Å². The maximum atomic E-state index is 11.9. The second-order valence-electron chi connectivity index (χ2n) is 5.21. The van der Waals surface area contributed by atoms with Crippen LogP contribution in [0.5, 0.6) is 0 Å². The van der Waals surface area contributed by atoms with Crippen molar-refractivity contribution >= 4 is 19.9 Å². The molecule has 1 aliphatic heterocycles. The van der Waals surface area contributed by atoms with Crippen molar-refractivity contribution in [3.63, 3.8) is 0 Å². The summed E-state index contributed by atoms with van der Waals surface area (Å²) >= 11 is 0. The van der Waals surface area contributed by atoms with E-state index in [4.69, 9.17) is 5.26 Å². The summed E-state index contributed by atoms with van der Waals surface area (Å²) in [5.41, 5.74) is -0.646. The Morgan fingerprint density at radius 2 is 1.58 bits per heavy atom. The third-order valence-electron chi connectivity index (χ3n) is 3.06. The van der Waals surface area contributed by atoms with Gasteiger partial charge in [0.1, 0.15) is 5.54 Å². The fraction of sp³-hybridized carbons (Fsp3) is 0.900. The van der Waals surface area contributed by atoms with Crippen molar-refractivity contribution in [1.82, 2.24) is 9.21 Å². The molecule has 0 aromatic carbocycles. The second-order valence-corrected chi connectivity index (χ2v) is 9.69. The van der Waals surface area contributed by atoms with Gasteiger partial charge in [-0.3, -0.25) is 4.90 Å². The van der Waals surface area contributed by atoms with Gasteiger partial charge in [-0.2, -0.15) is 9.57 Å². The van der Waals surface area contributed by atoms with Crippen LogP contribution in [0.2, 0.25) is 0 Å². The van der Waals surface area contributed by atoms with Crippen LogP contribution in [0.25, 0.3) is 0 Å². The Morgan fingerprint density at radius 3 is 1.95 bits per heavy atom. The Bertz CT molecular complexity index is 566. The first-order valence-electron chi connectivity index (χ1n) is 5.80. The molecule has 9 heteroatoms. The van der Waals surface area contributed by atoms with Crippen molar-refractivity contribution in [2.45, 2.75) is 19.4 Å². The van der Waals surface area contributed by atoms with Gasteiger partial charge in [-0.05, 0) is 13.8 Å². The van der Waals surface area contributed by atoms with Crippen LogP contribution in [0.4, 0.5) is 0 Å². The number of rotatable bonds is 4. The molecule has 7 nitrogen and oxygen atoms in total. The first-order valence-corrected chi connectivity index (χ1v) is 9.47. The minimum Gasteiger partial charge on any atom is -0.283 e. The molecule has 0 saturated carbocycles. The highest BCUT2D eigenvalue weighted by Crippen LogP contribution is 2.18. The third-order valence-corrected chi connectivity index (χ3v) is 7.12. The highest BCUT2D eigenvalue weighted by Gasteiger charge is 2.34. The molecule has 0 radical (unpaired) electrons. The molecule has 1 heterocycles. The first-order chi connectivity index (χ1) is 8.48. The average Bonchev–Trinajstić information content (AvgIpc) is 2.26. The summed E-state index contributed by atoms with van der Waals surface area (Å²) in [6.45, 7) is 4.81.